The van der Waals surface area contributed by atoms with E-state index in [0.29, 0.717) is 19.5 Å². The summed E-state index contributed by atoms with van der Waals surface area (Å²) >= 11 is 0. The minimum Gasteiger partial charge on any atom is -0.351 e. The van der Waals surface area contributed by atoms with Gasteiger partial charge in [-0.05, 0) is 36.1 Å². The van der Waals surface area contributed by atoms with Crippen molar-refractivity contribution in [2.75, 3.05) is 4.90 Å². The van der Waals surface area contributed by atoms with E-state index in [0.717, 1.165) is 22.4 Å². The largest absolute Gasteiger partial charge is 0.351 e. The van der Waals surface area contributed by atoms with E-state index in [2.05, 4.69) is 5.32 Å². The number of benzene rings is 3. The maximum Gasteiger partial charge on any atom is 0.243 e. The third-order valence-corrected chi connectivity index (χ3v) is 5.52. The first kappa shape index (κ1) is 18.9. The summed E-state index contributed by atoms with van der Waals surface area (Å²) < 4.78 is 0. The highest BCUT2D eigenvalue weighted by Gasteiger charge is 2.47. The Balaban J connectivity index is 1.62. The van der Waals surface area contributed by atoms with Crippen LogP contribution in [0.1, 0.15) is 23.6 Å². The van der Waals surface area contributed by atoms with Gasteiger partial charge < -0.3 is 10.2 Å². The molecular formula is C25H24N2O2. The van der Waals surface area contributed by atoms with E-state index >= 15 is 0 Å². The van der Waals surface area contributed by atoms with E-state index < -0.39 is 5.41 Å². The number of amides is 2. The quantitative estimate of drug-likeness (QED) is 0.674. The van der Waals surface area contributed by atoms with Gasteiger partial charge in [0.05, 0.1) is 6.54 Å². The number of carbonyl (C=O) groups is 2. The maximum absolute atomic E-state index is 13.5. The van der Waals surface area contributed by atoms with Gasteiger partial charge in [0.25, 0.3) is 0 Å². The van der Waals surface area contributed by atoms with Gasteiger partial charge in [0.2, 0.25) is 11.8 Å². The maximum atomic E-state index is 13.5. The van der Waals surface area contributed by atoms with Gasteiger partial charge in [0, 0.05) is 12.2 Å². The standard InChI is InChI=1S/C25H24N2O2/c1-25(23(28)26-17-19-10-4-2-5-11-19)16-21-14-8-9-15-22(21)27(24(25)29)18-20-12-6-3-7-13-20/h2-15H,16-18H2,1H3,(H,26,28)/t25-/m1/s1. The number of para-hydroxylation sites is 1. The lowest BCUT2D eigenvalue weighted by atomic mass is 9.77. The number of hydrogen-bond acceptors (Lipinski definition) is 2. The zero-order valence-electron chi connectivity index (χ0n) is 16.5. The molecule has 0 aliphatic carbocycles. The fourth-order valence-electron chi connectivity index (χ4n) is 3.86. The van der Waals surface area contributed by atoms with E-state index in [1.165, 1.54) is 0 Å². The highest BCUT2D eigenvalue weighted by Crippen LogP contribution is 2.38. The van der Waals surface area contributed by atoms with E-state index in [1.807, 2.05) is 84.9 Å². The summed E-state index contributed by atoms with van der Waals surface area (Å²) in [6.45, 7) is 2.60. The minimum atomic E-state index is -1.14. The fourth-order valence-corrected chi connectivity index (χ4v) is 3.86. The third-order valence-electron chi connectivity index (χ3n) is 5.52. The average molecular weight is 384 g/mol. The van der Waals surface area contributed by atoms with Gasteiger partial charge in [-0.2, -0.15) is 0 Å². The third kappa shape index (κ3) is 3.79. The number of hydrogen-bond donors (Lipinski definition) is 1. The van der Waals surface area contributed by atoms with Gasteiger partial charge in [-0.3, -0.25) is 9.59 Å². The summed E-state index contributed by atoms with van der Waals surface area (Å²) in [5.74, 6) is -0.399. The number of fused-ring (bicyclic) bond motifs is 1. The van der Waals surface area contributed by atoms with Crippen molar-refractivity contribution in [2.45, 2.75) is 26.4 Å². The molecule has 1 aliphatic rings. The lowest BCUT2D eigenvalue weighted by Gasteiger charge is -2.39. The molecule has 1 aliphatic heterocycles. The van der Waals surface area contributed by atoms with Crippen LogP contribution in [0.5, 0.6) is 0 Å². The predicted molar refractivity (Wildman–Crippen MR) is 114 cm³/mol. The second kappa shape index (κ2) is 7.92. The molecule has 0 aromatic heterocycles. The Hall–Kier alpha value is -3.40. The number of rotatable bonds is 5. The lowest BCUT2D eigenvalue weighted by molar-refractivity contribution is -0.141. The molecule has 4 nitrogen and oxygen atoms in total. The first-order valence-electron chi connectivity index (χ1n) is 9.84. The summed E-state index contributed by atoms with van der Waals surface area (Å²) in [6.07, 6.45) is 0.397. The number of nitrogens with zero attached hydrogens (tertiary/aromatic N) is 1. The topological polar surface area (TPSA) is 49.4 Å². The zero-order valence-corrected chi connectivity index (χ0v) is 16.5. The second-order valence-corrected chi connectivity index (χ2v) is 7.68. The molecule has 0 fully saturated rings. The summed E-state index contributed by atoms with van der Waals surface area (Å²) in [5.41, 5.74) is 2.80. The van der Waals surface area contributed by atoms with Crippen molar-refractivity contribution in [3.63, 3.8) is 0 Å². The molecule has 3 aromatic carbocycles. The number of nitrogens with one attached hydrogen (secondary N) is 1. The van der Waals surface area contributed by atoms with Crippen molar-refractivity contribution in [1.82, 2.24) is 5.32 Å². The Bertz CT molecular complexity index is 1020. The number of anilines is 1. The van der Waals surface area contributed by atoms with Gasteiger partial charge in [0.1, 0.15) is 5.41 Å². The first-order valence-corrected chi connectivity index (χ1v) is 9.84. The summed E-state index contributed by atoms with van der Waals surface area (Å²) in [6, 6.07) is 27.5. The van der Waals surface area contributed by atoms with Crippen LogP contribution in [0.2, 0.25) is 0 Å². The molecule has 4 heteroatoms. The molecule has 146 valence electrons. The molecule has 0 radical (unpaired) electrons. The molecule has 0 saturated heterocycles. The molecule has 0 saturated carbocycles. The van der Waals surface area contributed by atoms with E-state index in [4.69, 9.17) is 0 Å². The van der Waals surface area contributed by atoms with Crippen LogP contribution in [-0.4, -0.2) is 11.8 Å². The summed E-state index contributed by atoms with van der Waals surface area (Å²) in [5, 5.41) is 2.97. The monoisotopic (exact) mass is 384 g/mol. The summed E-state index contributed by atoms with van der Waals surface area (Å²) in [4.78, 5) is 28.4. The molecule has 3 aromatic rings. The van der Waals surface area contributed by atoms with Gasteiger partial charge in [-0.1, -0.05) is 78.9 Å². The van der Waals surface area contributed by atoms with Crippen molar-refractivity contribution in [3.8, 4) is 0 Å². The Morgan fingerprint density at radius 3 is 2.17 bits per heavy atom. The van der Waals surface area contributed by atoms with E-state index in [-0.39, 0.29) is 11.8 Å². The predicted octanol–water partition coefficient (Wildman–Crippen LogP) is 4.10. The zero-order chi connectivity index (χ0) is 20.3. The Kier molecular flexibility index (Phi) is 5.17. The van der Waals surface area contributed by atoms with Crippen LogP contribution < -0.4 is 10.2 Å². The van der Waals surface area contributed by atoms with Crippen molar-refractivity contribution in [1.29, 1.82) is 0 Å². The van der Waals surface area contributed by atoms with Gasteiger partial charge in [-0.25, -0.2) is 0 Å². The molecule has 1 atom stereocenters. The molecule has 0 spiro atoms. The molecule has 0 unspecified atom stereocenters. The molecule has 4 rings (SSSR count). The van der Waals surface area contributed by atoms with Crippen LogP contribution in [-0.2, 0) is 29.1 Å². The first-order chi connectivity index (χ1) is 14.1. The summed E-state index contributed by atoms with van der Waals surface area (Å²) in [7, 11) is 0. The highest BCUT2D eigenvalue weighted by molar-refractivity contribution is 6.13. The van der Waals surface area contributed by atoms with Crippen LogP contribution >= 0.6 is 0 Å². The normalized spacial score (nSPS) is 18.2. The molecule has 1 N–H and O–H groups in total. The highest BCUT2D eigenvalue weighted by atomic mass is 16.2. The van der Waals surface area contributed by atoms with E-state index in [1.54, 1.807) is 11.8 Å². The Labute approximate surface area is 171 Å². The van der Waals surface area contributed by atoms with Crippen LogP contribution in [0.25, 0.3) is 0 Å². The second-order valence-electron chi connectivity index (χ2n) is 7.68. The molecule has 2 amide bonds. The Morgan fingerprint density at radius 1 is 0.897 bits per heavy atom. The van der Waals surface area contributed by atoms with Crippen molar-refractivity contribution < 1.29 is 9.59 Å². The lowest BCUT2D eigenvalue weighted by Crippen LogP contribution is -2.55. The van der Waals surface area contributed by atoms with E-state index in [9.17, 15) is 9.59 Å². The van der Waals surface area contributed by atoms with Crippen molar-refractivity contribution in [2.24, 2.45) is 5.41 Å². The fraction of sp³-hybridized carbons (Fsp3) is 0.200. The van der Waals surface area contributed by atoms with Gasteiger partial charge in [0.15, 0.2) is 0 Å². The molecule has 0 bridgehead atoms. The van der Waals surface area contributed by atoms with Crippen LogP contribution in [0.3, 0.4) is 0 Å². The molecule has 29 heavy (non-hydrogen) atoms. The van der Waals surface area contributed by atoms with Crippen molar-refractivity contribution in [3.05, 3.63) is 102 Å². The van der Waals surface area contributed by atoms with Crippen molar-refractivity contribution >= 4 is 17.5 Å². The van der Waals surface area contributed by atoms with Crippen LogP contribution in [0.4, 0.5) is 5.69 Å². The van der Waals surface area contributed by atoms with Crippen LogP contribution in [0.15, 0.2) is 84.9 Å². The minimum absolute atomic E-state index is 0.161. The Morgan fingerprint density at radius 2 is 1.48 bits per heavy atom. The van der Waals surface area contributed by atoms with Gasteiger partial charge >= 0.3 is 0 Å². The molecular weight excluding hydrogens is 360 g/mol. The van der Waals surface area contributed by atoms with Crippen LogP contribution in [0, 0.1) is 5.41 Å². The molecule has 1 heterocycles. The smallest absolute Gasteiger partial charge is 0.243 e. The number of carbonyl (C=O) groups excluding carboxylic acids is 2. The average Bonchev–Trinajstić information content (AvgIpc) is 2.76. The van der Waals surface area contributed by atoms with Gasteiger partial charge in [-0.15, -0.1) is 0 Å². The SMILES string of the molecule is C[C@]1(C(=O)NCc2ccccc2)Cc2ccccc2N(Cc2ccccc2)C1=O.